The van der Waals surface area contributed by atoms with Gasteiger partial charge in [-0.3, -0.25) is 9.48 Å². The van der Waals surface area contributed by atoms with Gasteiger partial charge in [0.05, 0.1) is 19.7 Å². The van der Waals surface area contributed by atoms with Crippen LogP contribution in [0.4, 0.5) is 0 Å². The second-order valence-electron chi connectivity index (χ2n) is 5.06. The fraction of sp³-hybridized carbons (Fsp3) is 0.312. The SMILES string of the molecule is COc1cccc(C(C)NC(=O)CCn2nccc2C(=O)O)c1. The van der Waals surface area contributed by atoms with E-state index in [9.17, 15) is 9.59 Å². The molecule has 2 N–H and O–H groups in total. The summed E-state index contributed by atoms with van der Waals surface area (Å²) < 4.78 is 6.47. The van der Waals surface area contributed by atoms with Gasteiger partial charge >= 0.3 is 5.97 Å². The third-order valence-electron chi connectivity index (χ3n) is 3.46. The third-order valence-corrected chi connectivity index (χ3v) is 3.46. The summed E-state index contributed by atoms with van der Waals surface area (Å²) in [5.41, 5.74) is 1.00. The molecule has 2 aromatic rings. The van der Waals surface area contributed by atoms with Crippen LogP contribution >= 0.6 is 0 Å². The van der Waals surface area contributed by atoms with Gasteiger partial charge in [-0.2, -0.15) is 5.10 Å². The normalized spacial score (nSPS) is 11.7. The van der Waals surface area contributed by atoms with Crippen molar-refractivity contribution < 1.29 is 19.4 Å². The minimum absolute atomic E-state index is 0.0682. The molecular formula is C16H19N3O4. The molecule has 0 aliphatic carbocycles. The number of rotatable bonds is 7. The molecule has 1 amide bonds. The summed E-state index contributed by atoms with van der Waals surface area (Å²) in [4.78, 5) is 23.0. The quantitative estimate of drug-likeness (QED) is 0.813. The smallest absolute Gasteiger partial charge is 0.354 e. The van der Waals surface area contributed by atoms with Gasteiger partial charge in [0.1, 0.15) is 11.4 Å². The number of carboxylic acids is 1. The monoisotopic (exact) mass is 317 g/mol. The number of hydrogen-bond donors (Lipinski definition) is 2. The van der Waals surface area contributed by atoms with Gasteiger partial charge in [0.2, 0.25) is 5.91 Å². The standard InChI is InChI=1S/C16H19N3O4/c1-11(12-4-3-5-13(10-12)23-2)18-15(20)7-9-19-14(16(21)22)6-8-17-19/h3-6,8,10-11H,7,9H2,1-2H3,(H,18,20)(H,21,22). The van der Waals surface area contributed by atoms with E-state index in [2.05, 4.69) is 10.4 Å². The molecule has 0 bridgehead atoms. The highest BCUT2D eigenvalue weighted by atomic mass is 16.5. The fourth-order valence-corrected chi connectivity index (χ4v) is 2.21. The van der Waals surface area contributed by atoms with E-state index in [1.54, 1.807) is 7.11 Å². The number of benzene rings is 1. The molecule has 0 radical (unpaired) electrons. The van der Waals surface area contributed by atoms with E-state index >= 15 is 0 Å². The molecule has 0 aliphatic heterocycles. The number of methoxy groups -OCH3 is 1. The van der Waals surface area contributed by atoms with Gasteiger partial charge in [-0.05, 0) is 30.7 Å². The zero-order chi connectivity index (χ0) is 16.8. The van der Waals surface area contributed by atoms with Crippen LogP contribution in [0.1, 0.15) is 35.4 Å². The minimum Gasteiger partial charge on any atom is -0.497 e. The zero-order valence-electron chi connectivity index (χ0n) is 13.0. The van der Waals surface area contributed by atoms with E-state index in [1.165, 1.54) is 16.9 Å². The predicted molar refractivity (Wildman–Crippen MR) is 83.4 cm³/mol. The van der Waals surface area contributed by atoms with Crippen LogP contribution in [0, 0.1) is 0 Å². The first-order valence-corrected chi connectivity index (χ1v) is 7.19. The van der Waals surface area contributed by atoms with Crippen LogP contribution in [0.3, 0.4) is 0 Å². The second kappa shape index (κ2) is 7.44. The number of nitrogens with zero attached hydrogens (tertiary/aromatic N) is 2. The first-order valence-electron chi connectivity index (χ1n) is 7.19. The van der Waals surface area contributed by atoms with Crippen molar-refractivity contribution in [1.82, 2.24) is 15.1 Å². The number of ether oxygens (including phenoxy) is 1. The van der Waals surface area contributed by atoms with Crippen LogP contribution in [0.2, 0.25) is 0 Å². The summed E-state index contributed by atoms with van der Waals surface area (Å²) in [5.74, 6) is -0.508. The van der Waals surface area contributed by atoms with E-state index in [1.807, 2.05) is 31.2 Å². The molecule has 7 heteroatoms. The van der Waals surface area contributed by atoms with Crippen molar-refractivity contribution in [2.45, 2.75) is 25.9 Å². The highest BCUT2D eigenvalue weighted by Gasteiger charge is 2.13. The van der Waals surface area contributed by atoms with E-state index in [0.29, 0.717) is 0 Å². The predicted octanol–water partition coefficient (Wildman–Crippen LogP) is 1.86. The molecule has 1 atom stereocenters. The summed E-state index contributed by atoms with van der Waals surface area (Å²) in [7, 11) is 1.59. The van der Waals surface area contributed by atoms with Gasteiger partial charge in [0.25, 0.3) is 0 Å². The number of carbonyl (C=O) groups is 2. The molecule has 122 valence electrons. The highest BCUT2D eigenvalue weighted by molar-refractivity contribution is 5.85. The number of hydrogen-bond acceptors (Lipinski definition) is 4. The molecule has 1 unspecified atom stereocenters. The molecule has 0 fully saturated rings. The maximum absolute atomic E-state index is 12.0. The average molecular weight is 317 g/mol. The zero-order valence-corrected chi connectivity index (χ0v) is 13.0. The van der Waals surface area contributed by atoms with E-state index < -0.39 is 5.97 Å². The van der Waals surface area contributed by atoms with Gasteiger partial charge in [-0.15, -0.1) is 0 Å². The van der Waals surface area contributed by atoms with Crippen LogP contribution in [0.15, 0.2) is 36.5 Å². The van der Waals surface area contributed by atoms with Crippen molar-refractivity contribution >= 4 is 11.9 Å². The maximum atomic E-state index is 12.0. The summed E-state index contributed by atoms with van der Waals surface area (Å²) in [6.45, 7) is 2.09. The Balaban J connectivity index is 1.91. The van der Waals surface area contributed by atoms with Crippen molar-refractivity contribution in [2.75, 3.05) is 7.11 Å². The molecule has 0 spiro atoms. The molecular weight excluding hydrogens is 298 g/mol. The van der Waals surface area contributed by atoms with Gasteiger partial charge in [-0.25, -0.2) is 4.79 Å². The number of aryl methyl sites for hydroxylation is 1. The van der Waals surface area contributed by atoms with E-state index in [4.69, 9.17) is 9.84 Å². The largest absolute Gasteiger partial charge is 0.497 e. The first kappa shape index (κ1) is 16.5. The summed E-state index contributed by atoms with van der Waals surface area (Å²) in [6, 6.07) is 8.70. The lowest BCUT2D eigenvalue weighted by Crippen LogP contribution is -2.28. The van der Waals surface area contributed by atoms with Crippen LogP contribution in [-0.4, -0.2) is 33.9 Å². The van der Waals surface area contributed by atoms with Crippen molar-refractivity contribution in [1.29, 1.82) is 0 Å². The fourth-order valence-electron chi connectivity index (χ4n) is 2.21. The first-order chi connectivity index (χ1) is 11.0. The Labute approximate surface area is 133 Å². The molecule has 0 aliphatic rings. The van der Waals surface area contributed by atoms with Gasteiger partial charge in [0, 0.05) is 12.6 Å². The Morgan fingerprint density at radius 1 is 1.39 bits per heavy atom. The average Bonchev–Trinajstić information content (AvgIpc) is 3.01. The Bertz CT molecular complexity index is 696. The molecule has 7 nitrogen and oxygen atoms in total. The van der Waals surface area contributed by atoms with E-state index in [0.717, 1.165) is 11.3 Å². The van der Waals surface area contributed by atoms with Gasteiger partial charge in [-0.1, -0.05) is 12.1 Å². The Morgan fingerprint density at radius 2 is 2.17 bits per heavy atom. The lowest BCUT2D eigenvalue weighted by atomic mass is 10.1. The van der Waals surface area contributed by atoms with Crippen molar-refractivity contribution in [3.05, 3.63) is 47.8 Å². The van der Waals surface area contributed by atoms with Crippen molar-refractivity contribution in [3.8, 4) is 5.75 Å². The van der Waals surface area contributed by atoms with Crippen LogP contribution in [0.25, 0.3) is 0 Å². The van der Waals surface area contributed by atoms with Gasteiger partial charge < -0.3 is 15.2 Å². The topological polar surface area (TPSA) is 93.5 Å². The number of nitrogens with one attached hydrogen (secondary N) is 1. The molecule has 23 heavy (non-hydrogen) atoms. The van der Waals surface area contributed by atoms with Gasteiger partial charge in [0.15, 0.2) is 0 Å². The molecule has 2 rings (SSSR count). The molecule has 0 saturated carbocycles. The Kier molecular flexibility index (Phi) is 5.35. The van der Waals surface area contributed by atoms with Crippen LogP contribution in [-0.2, 0) is 11.3 Å². The molecule has 0 saturated heterocycles. The highest BCUT2D eigenvalue weighted by Crippen LogP contribution is 2.18. The molecule has 1 heterocycles. The minimum atomic E-state index is -1.06. The van der Waals surface area contributed by atoms with Crippen LogP contribution < -0.4 is 10.1 Å². The van der Waals surface area contributed by atoms with Crippen LogP contribution in [0.5, 0.6) is 5.75 Å². The third kappa shape index (κ3) is 4.32. The number of carboxylic acid groups (broad SMARTS) is 1. The molecule has 1 aromatic heterocycles. The second-order valence-corrected chi connectivity index (χ2v) is 5.06. The number of carbonyl (C=O) groups excluding carboxylic acids is 1. The number of aromatic carboxylic acids is 1. The Morgan fingerprint density at radius 3 is 2.87 bits per heavy atom. The van der Waals surface area contributed by atoms with E-state index in [-0.39, 0.29) is 30.6 Å². The molecule has 1 aromatic carbocycles. The Hall–Kier alpha value is -2.83. The lowest BCUT2D eigenvalue weighted by molar-refractivity contribution is -0.122. The number of amides is 1. The van der Waals surface area contributed by atoms with Crippen molar-refractivity contribution in [3.63, 3.8) is 0 Å². The van der Waals surface area contributed by atoms with Crippen molar-refractivity contribution in [2.24, 2.45) is 0 Å². The summed E-state index contributed by atoms with van der Waals surface area (Å²) in [6.07, 6.45) is 1.55. The summed E-state index contributed by atoms with van der Waals surface area (Å²) >= 11 is 0. The maximum Gasteiger partial charge on any atom is 0.354 e. The lowest BCUT2D eigenvalue weighted by Gasteiger charge is -2.15. The number of aromatic nitrogens is 2. The summed E-state index contributed by atoms with van der Waals surface area (Å²) in [5, 5.41) is 15.8.